The molecule has 52 heavy (non-hydrogen) atoms. The van der Waals surface area contributed by atoms with Crippen LogP contribution in [0.25, 0.3) is 55.3 Å². The van der Waals surface area contributed by atoms with Crippen LogP contribution in [-0.2, 0) is 20.1 Å². The minimum atomic E-state index is 0. The second-order valence-corrected chi connectivity index (χ2v) is 13.0. The second kappa shape index (κ2) is 13.6. The molecule has 251 valence electrons. The Labute approximate surface area is 316 Å². The number of aromatic nitrogens is 2. The summed E-state index contributed by atoms with van der Waals surface area (Å²) in [6.07, 6.45) is 3.89. The molecule has 1 aliphatic heterocycles. The standard InChI is InChI=1S/C24H16NO.C23H15N2.Ir/c1-14-10-15(2)12-16(11-14)22-13-20-23-18(8-5-9-21(23)25-22)17-6-3-4-7-19(17)24(20)26;1-2-8-16(9-3-1)21(22-19-12-6-4-10-17(19)14-24-22)23-20-13-7-5-11-18(20)15-25-23;/h3-11,13H,1-2H3;1-15H;/q2*-1;/b;22-21-;. The molecule has 0 N–H and O–H groups in total. The number of ketones is 1. The van der Waals surface area contributed by atoms with Gasteiger partial charge < -0.3 is 4.98 Å². The van der Waals surface area contributed by atoms with Gasteiger partial charge in [-0.25, -0.2) is 0 Å². The number of carbonyl (C=O) groups excluding carboxylic acids is 1. The van der Waals surface area contributed by atoms with Gasteiger partial charge in [0.25, 0.3) is 0 Å². The molecule has 1 radical (unpaired) electrons. The van der Waals surface area contributed by atoms with Gasteiger partial charge >= 0.3 is 0 Å². The molecule has 0 bridgehead atoms. The van der Waals surface area contributed by atoms with Gasteiger partial charge in [0.1, 0.15) is 0 Å². The molecular weight excluding hydrogens is 815 g/mol. The van der Waals surface area contributed by atoms with E-state index in [1.165, 1.54) is 0 Å². The number of hydrogen-bond acceptors (Lipinski definition) is 3. The van der Waals surface area contributed by atoms with Crippen LogP contribution in [0.1, 0.15) is 49.4 Å². The van der Waals surface area contributed by atoms with E-state index in [0.717, 1.165) is 100.0 Å². The maximum Gasteiger partial charge on any atom is 0.193 e. The summed E-state index contributed by atoms with van der Waals surface area (Å²) in [5, 5.41) is 3.26. The third-order valence-corrected chi connectivity index (χ3v) is 9.60. The third kappa shape index (κ3) is 5.74. The molecule has 0 spiro atoms. The van der Waals surface area contributed by atoms with Crippen LogP contribution in [0.15, 0.2) is 151 Å². The zero-order chi connectivity index (χ0) is 34.5. The van der Waals surface area contributed by atoms with E-state index >= 15 is 0 Å². The smallest absolute Gasteiger partial charge is 0.193 e. The third-order valence-electron chi connectivity index (χ3n) is 9.60. The number of fused-ring (bicyclic) bond motifs is 4. The Morgan fingerprint density at radius 1 is 0.673 bits per heavy atom. The van der Waals surface area contributed by atoms with Gasteiger partial charge in [-0.1, -0.05) is 135 Å². The maximum absolute atomic E-state index is 13.2. The van der Waals surface area contributed by atoms with Gasteiger partial charge in [-0.2, -0.15) is 6.20 Å². The van der Waals surface area contributed by atoms with Gasteiger partial charge in [0.15, 0.2) is 5.78 Å². The summed E-state index contributed by atoms with van der Waals surface area (Å²) in [6.45, 7) is 4.09. The van der Waals surface area contributed by atoms with Crippen LogP contribution in [-0.4, -0.2) is 17.0 Å². The molecule has 0 unspecified atom stereocenters. The summed E-state index contributed by atoms with van der Waals surface area (Å²) in [5.41, 5.74) is 14.9. The SMILES string of the molecule is C1=N/C(=C(/c2ccccc2)c2[n-]cc3ccccc23)c2ccccc21.Cc1[c-]c(-c2cc3c4c(cccc4n2)-c2ccccc2C3=O)cc(C)c1.[Ir]. The van der Waals surface area contributed by atoms with Crippen molar-refractivity contribution in [2.24, 2.45) is 4.99 Å². The summed E-state index contributed by atoms with van der Waals surface area (Å²) in [6, 6.07) is 50.4. The van der Waals surface area contributed by atoms with Crippen LogP contribution in [0.3, 0.4) is 0 Å². The summed E-state index contributed by atoms with van der Waals surface area (Å²) in [4.78, 5) is 27.5. The van der Waals surface area contributed by atoms with E-state index in [1.54, 1.807) is 0 Å². The van der Waals surface area contributed by atoms with Crippen molar-refractivity contribution in [3.05, 3.63) is 196 Å². The van der Waals surface area contributed by atoms with Crippen molar-refractivity contribution < 1.29 is 24.9 Å². The second-order valence-electron chi connectivity index (χ2n) is 13.0. The molecule has 0 fully saturated rings. The Balaban J connectivity index is 0.000000146. The van der Waals surface area contributed by atoms with Crippen LogP contribution in [0, 0.1) is 19.9 Å². The molecule has 0 saturated heterocycles. The number of aliphatic imine (C=N–C) groups is 1. The zero-order valence-corrected chi connectivity index (χ0v) is 30.9. The van der Waals surface area contributed by atoms with Crippen molar-refractivity contribution >= 4 is 44.9 Å². The summed E-state index contributed by atoms with van der Waals surface area (Å²) in [7, 11) is 0. The monoisotopic (exact) mass is 846 g/mol. The van der Waals surface area contributed by atoms with Crippen LogP contribution in [0.4, 0.5) is 0 Å². The van der Waals surface area contributed by atoms with Crippen molar-refractivity contribution in [2.45, 2.75) is 13.8 Å². The van der Waals surface area contributed by atoms with Crippen molar-refractivity contribution in [1.29, 1.82) is 0 Å². The molecule has 3 heterocycles. The summed E-state index contributed by atoms with van der Waals surface area (Å²) in [5.74, 6) is 0.0670. The van der Waals surface area contributed by atoms with E-state index in [9.17, 15) is 4.79 Å². The molecule has 8 aromatic rings. The molecule has 6 aromatic carbocycles. The van der Waals surface area contributed by atoms with Crippen molar-refractivity contribution in [2.75, 3.05) is 0 Å². The number of pyridine rings is 1. The van der Waals surface area contributed by atoms with Crippen LogP contribution >= 0.6 is 0 Å². The Morgan fingerprint density at radius 2 is 1.38 bits per heavy atom. The molecular formula is C47H31IrN3O-2. The minimum absolute atomic E-state index is 0. The van der Waals surface area contributed by atoms with E-state index < -0.39 is 0 Å². The normalized spacial score (nSPS) is 13.2. The average molecular weight is 846 g/mol. The fourth-order valence-corrected chi connectivity index (χ4v) is 7.37. The predicted octanol–water partition coefficient (Wildman–Crippen LogP) is 10.7. The van der Waals surface area contributed by atoms with E-state index in [0.29, 0.717) is 0 Å². The fourth-order valence-electron chi connectivity index (χ4n) is 7.37. The number of hydrogen-bond donors (Lipinski definition) is 0. The first kappa shape index (κ1) is 33.2. The van der Waals surface area contributed by atoms with E-state index in [2.05, 4.69) is 91.9 Å². The first-order valence-corrected chi connectivity index (χ1v) is 17.1. The maximum atomic E-state index is 13.2. The van der Waals surface area contributed by atoms with Gasteiger partial charge in [0.05, 0.1) is 11.2 Å². The van der Waals surface area contributed by atoms with Gasteiger partial charge in [-0.3, -0.25) is 14.8 Å². The number of aryl methyl sites for hydroxylation is 2. The quantitative estimate of drug-likeness (QED) is 0.167. The average Bonchev–Trinajstić information content (AvgIpc) is 3.79. The molecule has 2 aliphatic rings. The molecule has 5 heteroatoms. The molecule has 0 saturated carbocycles. The van der Waals surface area contributed by atoms with Crippen molar-refractivity contribution in [3.8, 4) is 22.4 Å². The van der Waals surface area contributed by atoms with E-state index in [1.807, 2.05) is 80.0 Å². The molecule has 2 aromatic heterocycles. The van der Waals surface area contributed by atoms with Crippen LogP contribution in [0.2, 0.25) is 0 Å². The minimum Gasteiger partial charge on any atom is -0.663 e. The topological polar surface area (TPSA) is 56.4 Å². The zero-order valence-electron chi connectivity index (χ0n) is 28.5. The summed E-state index contributed by atoms with van der Waals surface area (Å²) >= 11 is 0. The Kier molecular flexibility index (Phi) is 8.68. The number of rotatable bonds is 3. The Morgan fingerprint density at radius 3 is 2.21 bits per heavy atom. The predicted molar refractivity (Wildman–Crippen MR) is 208 cm³/mol. The molecule has 1 aliphatic carbocycles. The number of benzene rings is 6. The van der Waals surface area contributed by atoms with Crippen molar-refractivity contribution in [3.63, 3.8) is 0 Å². The molecule has 10 rings (SSSR count). The Bertz CT molecular complexity index is 2720. The van der Waals surface area contributed by atoms with Crippen molar-refractivity contribution in [1.82, 2.24) is 9.97 Å². The van der Waals surface area contributed by atoms with Gasteiger partial charge in [0.2, 0.25) is 0 Å². The molecule has 0 amide bonds. The van der Waals surface area contributed by atoms with Gasteiger partial charge in [0, 0.05) is 54.0 Å². The number of nitrogens with zero attached hydrogens (tertiary/aromatic N) is 3. The first-order valence-electron chi connectivity index (χ1n) is 17.1. The van der Waals surface area contributed by atoms with Gasteiger partial charge in [-0.15, -0.1) is 40.6 Å². The van der Waals surface area contributed by atoms with Crippen LogP contribution in [0.5, 0.6) is 0 Å². The summed E-state index contributed by atoms with van der Waals surface area (Å²) < 4.78 is 0. The van der Waals surface area contributed by atoms with E-state index in [4.69, 9.17) is 15.0 Å². The first-order chi connectivity index (χ1) is 25.0. The van der Waals surface area contributed by atoms with Gasteiger partial charge in [-0.05, 0) is 44.8 Å². The van der Waals surface area contributed by atoms with E-state index in [-0.39, 0.29) is 25.9 Å². The molecule has 0 atom stereocenters. The largest absolute Gasteiger partial charge is 0.663 e. The van der Waals surface area contributed by atoms with Crippen LogP contribution < -0.4 is 4.98 Å². The Hall–Kier alpha value is -6.00. The molecule has 4 nitrogen and oxygen atoms in total. The number of carbonyl (C=O) groups is 1. The fraction of sp³-hybridized carbons (Fsp3) is 0.0426.